The Morgan fingerprint density at radius 3 is 2.62 bits per heavy atom. The number of rotatable bonds is 7. The van der Waals surface area contributed by atoms with E-state index in [1.807, 2.05) is 18.2 Å². The molecule has 2 fully saturated rings. The first-order valence-corrected chi connectivity index (χ1v) is 7.98. The summed E-state index contributed by atoms with van der Waals surface area (Å²) in [6.45, 7) is 1.59. The van der Waals surface area contributed by atoms with Gasteiger partial charge >= 0.3 is 12.0 Å². The van der Waals surface area contributed by atoms with Gasteiger partial charge in [-0.15, -0.1) is 0 Å². The number of carbonyl (C=O) groups excluding carboxylic acids is 3. The fraction of sp³-hybridized carbons (Fsp3) is 0.471. The van der Waals surface area contributed by atoms with Crippen molar-refractivity contribution in [2.75, 3.05) is 19.8 Å². The van der Waals surface area contributed by atoms with Crippen LogP contribution in [0.2, 0.25) is 0 Å². The van der Waals surface area contributed by atoms with E-state index in [4.69, 9.17) is 9.47 Å². The summed E-state index contributed by atoms with van der Waals surface area (Å²) in [5, 5.41) is 2.69. The zero-order chi connectivity index (χ0) is 17.2. The number of imide groups is 1. The first-order chi connectivity index (χ1) is 11.5. The van der Waals surface area contributed by atoms with Gasteiger partial charge in [-0.3, -0.25) is 14.5 Å². The Morgan fingerprint density at radius 1 is 1.25 bits per heavy atom. The third kappa shape index (κ3) is 3.34. The molecule has 0 bridgehead atoms. The molecule has 0 aromatic heterocycles. The monoisotopic (exact) mass is 332 g/mol. The number of para-hydroxylation sites is 1. The molecule has 0 radical (unpaired) electrons. The predicted octanol–water partition coefficient (Wildman–Crippen LogP) is 1.33. The minimum absolute atomic E-state index is 0.0528. The summed E-state index contributed by atoms with van der Waals surface area (Å²) in [6, 6.07) is 8.62. The van der Waals surface area contributed by atoms with Gasteiger partial charge in [-0.1, -0.05) is 18.2 Å². The number of hydrogen-bond acceptors (Lipinski definition) is 5. The van der Waals surface area contributed by atoms with Crippen LogP contribution in [-0.4, -0.2) is 48.1 Å². The van der Waals surface area contributed by atoms with Crippen LogP contribution in [0.25, 0.3) is 0 Å². The van der Waals surface area contributed by atoms with Crippen LogP contribution < -0.4 is 10.1 Å². The number of esters is 1. The maximum absolute atomic E-state index is 12.4. The Kier molecular flexibility index (Phi) is 4.42. The smallest absolute Gasteiger partial charge is 0.326 e. The minimum atomic E-state index is -0.881. The SMILES string of the molecule is CC1(C2CC2)NC(=O)N(CC(=O)OCCOc2ccccc2)C1=O. The lowest BCUT2D eigenvalue weighted by Gasteiger charge is -2.20. The van der Waals surface area contributed by atoms with Crippen molar-refractivity contribution in [3.8, 4) is 5.75 Å². The first-order valence-electron chi connectivity index (χ1n) is 7.98. The van der Waals surface area contributed by atoms with E-state index in [0.717, 1.165) is 17.7 Å². The van der Waals surface area contributed by atoms with Gasteiger partial charge < -0.3 is 14.8 Å². The Hall–Kier alpha value is -2.57. The number of ether oxygens (including phenoxy) is 2. The third-order valence-corrected chi connectivity index (χ3v) is 4.34. The van der Waals surface area contributed by atoms with E-state index in [9.17, 15) is 14.4 Å². The van der Waals surface area contributed by atoms with Crippen LogP contribution in [0.1, 0.15) is 19.8 Å². The van der Waals surface area contributed by atoms with Crippen molar-refractivity contribution in [1.82, 2.24) is 10.2 Å². The van der Waals surface area contributed by atoms with Crippen LogP contribution in [0.3, 0.4) is 0 Å². The summed E-state index contributed by atoms with van der Waals surface area (Å²) in [5.74, 6) is -0.139. The summed E-state index contributed by atoms with van der Waals surface area (Å²) in [7, 11) is 0. The molecule has 3 amide bonds. The molecule has 7 heteroatoms. The van der Waals surface area contributed by atoms with Crippen molar-refractivity contribution in [1.29, 1.82) is 0 Å². The van der Waals surface area contributed by atoms with E-state index in [0.29, 0.717) is 5.75 Å². The van der Waals surface area contributed by atoms with Gasteiger partial charge in [0.05, 0.1) is 0 Å². The highest BCUT2D eigenvalue weighted by Gasteiger charge is 2.56. The van der Waals surface area contributed by atoms with Crippen LogP contribution >= 0.6 is 0 Å². The van der Waals surface area contributed by atoms with Crippen molar-refractivity contribution >= 4 is 17.9 Å². The second kappa shape index (κ2) is 6.51. The predicted molar refractivity (Wildman–Crippen MR) is 84.3 cm³/mol. The van der Waals surface area contributed by atoms with Gasteiger partial charge in [0.1, 0.15) is 31.0 Å². The lowest BCUT2D eigenvalue weighted by molar-refractivity contribution is -0.148. The van der Waals surface area contributed by atoms with E-state index < -0.39 is 17.5 Å². The molecule has 1 heterocycles. The maximum Gasteiger partial charge on any atom is 0.326 e. The molecule has 7 nitrogen and oxygen atoms in total. The number of urea groups is 1. The number of amides is 3. The standard InChI is InChI=1S/C17H20N2O5/c1-17(12-7-8-12)15(21)19(16(22)18-17)11-14(20)24-10-9-23-13-5-3-2-4-6-13/h2-6,12H,7-11H2,1H3,(H,18,22). The molecule has 1 aliphatic carbocycles. The maximum atomic E-state index is 12.4. The average molecular weight is 332 g/mol. The number of hydrogen-bond donors (Lipinski definition) is 1. The van der Waals surface area contributed by atoms with Gasteiger partial charge in [0, 0.05) is 0 Å². The third-order valence-electron chi connectivity index (χ3n) is 4.34. The first kappa shape index (κ1) is 16.3. The van der Waals surface area contributed by atoms with Crippen molar-refractivity contribution in [3.05, 3.63) is 30.3 Å². The molecule has 1 atom stereocenters. The minimum Gasteiger partial charge on any atom is -0.490 e. The van der Waals surface area contributed by atoms with E-state index in [2.05, 4.69) is 5.32 Å². The second-order valence-electron chi connectivity index (χ2n) is 6.18. The molecule has 1 aromatic rings. The molecule has 1 aliphatic heterocycles. The summed E-state index contributed by atoms with van der Waals surface area (Å²) in [6.07, 6.45) is 1.83. The van der Waals surface area contributed by atoms with Gasteiger partial charge in [-0.25, -0.2) is 4.79 Å². The fourth-order valence-electron chi connectivity index (χ4n) is 2.80. The van der Waals surface area contributed by atoms with Crippen molar-refractivity contribution in [2.24, 2.45) is 5.92 Å². The molecule has 24 heavy (non-hydrogen) atoms. The van der Waals surface area contributed by atoms with E-state index >= 15 is 0 Å². The quantitative estimate of drug-likeness (QED) is 0.462. The normalized spacial score (nSPS) is 23.1. The highest BCUT2D eigenvalue weighted by molar-refractivity contribution is 6.08. The van der Waals surface area contributed by atoms with E-state index in [-0.39, 0.29) is 31.6 Å². The van der Waals surface area contributed by atoms with Crippen molar-refractivity contribution < 1.29 is 23.9 Å². The molecule has 1 saturated heterocycles. The van der Waals surface area contributed by atoms with Crippen LogP contribution in [0.15, 0.2) is 30.3 Å². The van der Waals surface area contributed by atoms with Gasteiger partial charge in [0.2, 0.25) is 0 Å². The topological polar surface area (TPSA) is 84.9 Å². The van der Waals surface area contributed by atoms with Gasteiger partial charge in [-0.2, -0.15) is 0 Å². The van der Waals surface area contributed by atoms with Gasteiger partial charge in [0.25, 0.3) is 5.91 Å². The highest BCUT2D eigenvalue weighted by Crippen LogP contribution is 2.42. The van der Waals surface area contributed by atoms with E-state index in [1.165, 1.54) is 0 Å². The zero-order valence-electron chi connectivity index (χ0n) is 13.5. The average Bonchev–Trinajstić information content (AvgIpc) is 3.39. The van der Waals surface area contributed by atoms with Gasteiger partial charge in [-0.05, 0) is 37.8 Å². The number of nitrogens with one attached hydrogen (secondary N) is 1. The molecular formula is C17H20N2O5. The van der Waals surface area contributed by atoms with Crippen molar-refractivity contribution in [3.63, 3.8) is 0 Å². The molecule has 3 rings (SSSR count). The van der Waals surface area contributed by atoms with Crippen LogP contribution in [0, 0.1) is 5.92 Å². The van der Waals surface area contributed by atoms with Crippen LogP contribution in [0.5, 0.6) is 5.75 Å². The Morgan fingerprint density at radius 2 is 1.96 bits per heavy atom. The summed E-state index contributed by atoms with van der Waals surface area (Å²) >= 11 is 0. The zero-order valence-corrected chi connectivity index (χ0v) is 13.5. The summed E-state index contributed by atoms with van der Waals surface area (Å²) in [5.41, 5.74) is -0.881. The van der Waals surface area contributed by atoms with Crippen LogP contribution in [-0.2, 0) is 14.3 Å². The number of benzene rings is 1. The fourth-order valence-corrected chi connectivity index (χ4v) is 2.80. The Balaban J connectivity index is 1.43. The van der Waals surface area contributed by atoms with Crippen LogP contribution in [0.4, 0.5) is 4.79 Å². The highest BCUT2D eigenvalue weighted by atomic mass is 16.6. The molecule has 1 saturated carbocycles. The molecule has 1 unspecified atom stereocenters. The molecular weight excluding hydrogens is 312 g/mol. The molecule has 1 aromatic carbocycles. The largest absolute Gasteiger partial charge is 0.490 e. The molecule has 0 spiro atoms. The van der Waals surface area contributed by atoms with Gasteiger partial charge in [0.15, 0.2) is 0 Å². The Labute approximate surface area is 139 Å². The number of carbonyl (C=O) groups is 3. The number of nitrogens with zero attached hydrogens (tertiary/aromatic N) is 1. The van der Waals surface area contributed by atoms with Crippen molar-refractivity contribution in [2.45, 2.75) is 25.3 Å². The summed E-state index contributed by atoms with van der Waals surface area (Å²) < 4.78 is 10.4. The molecule has 128 valence electrons. The molecule has 1 N–H and O–H groups in total. The Bertz CT molecular complexity index is 644. The summed E-state index contributed by atoms with van der Waals surface area (Å²) in [4.78, 5) is 37.1. The lowest BCUT2D eigenvalue weighted by atomic mass is 9.96. The van der Waals surface area contributed by atoms with E-state index in [1.54, 1.807) is 19.1 Å². The lowest BCUT2D eigenvalue weighted by Crippen LogP contribution is -2.46. The second-order valence-corrected chi connectivity index (χ2v) is 6.18. The molecule has 2 aliphatic rings.